The van der Waals surface area contributed by atoms with Gasteiger partial charge in [0.25, 0.3) is 0 Å². The molecule has 5 heterocycles. The number of hydrogen-bond donors (Lipinski definition) is 4. The van der Waals surface area contributed by atoms with Crippen molar-refractivity contribution in [3.8, 4) is 75.0 Å². The normalized spacial score (nSPS) is 19.8. The molecular formula is C60H41N8Na3O11S3Zn. The van der Waals surface area contributed by atoms with Crippen LogP contribution in [0.4, 0.5) is 0 Å². The molecule has 19 nitrogen and oxygen atoms in total. The van der Waals surface area contributed by atoms with E-state index < -0.39 is 50.6 Å². The van der Waals surface area contributed by atoms with Crippen molar-refractivity contribution in [2.75, 3.05) is 0 Å². The van der Waals surface area contributed by atoms with Crippen LogP contribution in [0.15, 0.2) is 130 Å². The molecule has 3 aliphatic carbocycles. The first-order valence-corrected chi connectivity index (χ1v) is 30.3. The molecule has 5 aliphatic rings. The summed E-state index contributed by atoms with van der Waals surface area (Å²) in [5.74, 6) is 13.6. The molecule has 0 spiro atoms. The van der Waals surface area contributed by atoms with Gasteiger partial charge in [0.15, 0.2) is 23.3 Å². The number of fused-ring (bicyclic) bond motifs is 25. The molecule has 0 radical (unpaired) electrons. The predicted octanol–water partition coefficient (Wildman–Crippen LogP) is -0.556. The molecule has 8 bridgehead atoms. The molecule has 2 saturated carbocycles. The number of phenolic OH excluding ortho intramolecular Hbond substituents is 1. The minimum atomic E-state index is -5.00. The summed E-state index contributed by atoms with van der Waals surface area (Å²) in [6, 6.07) is 29.3. The third kappa shape index (κ3) is 11.0. The van der Waals surface area contributed by atoms with Crippen LogP contribution < -0.4 is 88.7 Å². The Morgan fingerprint density at radius 3 is 1.60 bits per heavy atom. The number of aryl methyl sites for hydroxylation is 1. The van der Waals surface area contributed by atoms with Gasteiger partial charge in [0.05, 0.1) is 20.3 Å². The molecule has 6 aromatic carbocycles. The summed E-state index contributed by atoms with van der Waals surface area (Å²) in [6.07, 6.45) is 5.31. The molecule has 86 heavy (non-hydrogen) atoms. The Balaban J connectivity index is 0.00000205. The molecule has 0 saturated heterocycles. The standard InChI is InChI=1S/C60H44N8O11S3.3Na.Zn/c1-59-23-21-40-39-17-11-35(69)27-33(39)10-16-41(40)50(59)22-24-60(59,70)34-8-4-7-31(25-34)5-2-3-6-32-9-15-42-46(26-32)55-61-51(42)63-56-48-29-37(81(74,75)76)13-19-44(48)53(65-56)67-58-49-30-38(82(77,78)79)14-20-45(49)54(68-58)66-57-47-28-36(80(71,72)73)12-18-43(47)52(62-55)64-57;;;;/h4,7-9,11-15,17-20,25-30,40-41,50,69-70H,10,16,21-24H2,1H3,(H,71,72,73)(H,74,75,76)(H,77,78,79)(H2,61,62,63,64,65,66,67,68);;;;/q;3*+1;/p-3/t40-,41-,50+,59+,60+;;;;/m1..../s1. The fourth-order valence-electron chi connectivity index (χ4n) is 13.4. The average molecular weight is 1280 g/mol. The second-order valence-electron chi connectivity index (χ2n) is 21.6. The minimum Gasteiger partial charge on any atom is -0.744 e. The fourth-order valence-corrected chi connectivity index (χ4v) is 14.9. The molecule has 3 aromatic heterocycles. The van der Waals surface area contributed by atoms with E-state index in [4.69, 9.17) is 24.9 Å². The zero-order valence-electron chi connectivity index (χ0n) is 46.6. The Morgan fingerprint density at radius 1 is 0.535 bits per heavy atom. The predicted molar refractivity (Wildman–Crippen MR) is 297 cm³/mol. The molecule has 2 fully saturated rings. The van der Waals surface area contributed by atoms with Crippen molar-refractivity contribution in [2.45, 2.75) is 71.7 Å². The number of aromatic nitrogens is 8. The van der Waals surface area contributed by atoms with Crippen LogP contribution in [0.2, 0.25) is 0 Å². The smallest absolute Gasteiger partial charge is 0.744 e. The third-order valence-electron chi connectivity index (χ3n) is 17.3. The van der Waals surface area contributed by atoms with Gasteiger partial charge >= 0.3 is 88.7 Å². The van der Waals surface area contributed by atoms with E-state index in [1.54, 1.807) is 24.3 Å². The molecule has 2 aliphatic heterocycles. The number of nitrogens with one attached hydrogen (secondary N) is 2. The van der Waals surface area contributed by atoms with Crippen LogP contribution in [0.3, 0.4) is 0 Å². The zero-order valence-corrected chi connectivity index (χ0v) is 58.0. The maximum absolute atomic E-state index is 12.7. The van der Waals surface area contributed by atoms with Crippen LogP contribution >= 0.6 is 0 Å². The fraction of sp³-hybridized carbons (Fsp3) is 0.200. The molecule has 9 aromatic rings. The SMILES string of the molecule is C[C@]12CC[C@@H]3c4ccc(O)cc4CC[C@H]3[C@@H]1CC[C@]2(O)c1cccc(C#CC#Cc2ccc3c(c2)-c2nc-3nc3[nH]c(nc4nc(nc5[nH]c(n2)c2ccc(S(=O)(=O)[O-])cc52)-c2ccc(S(=O)(=O)[O-])cc2-4)c2ccc(S(=O)(=O)[O-])cc32)c1.[Na+].[Na+].[Na+].[Zn]. The van der Waals surface area contributed by atoms with Crippen molar-refractivity contribution < 1.29 is 157 Å². The number of aromatic amines is 2. The van der Waals surface area contributed by atoms with Crippen LogP contribution in [0.5, 0.6) is 5.75 Å². The molecule has 26 heteroatoms. The number of hydrogen-bond acceptors (Lipinski definition) is 17. The molecule has 4 N–H and O–H groups in total. The van der Waals surface area contributed by atoms with E-state index in [2.05, 4.69) is 51.6 Å². The number of aliphatic hydroxyl groups is 1. The van der Waals surface area contributed by atoms with Crippen molar-refractivity contribution in [3.05, 3.63) is 143 Å². The largest absolute Gasteiger partial charge is 1.00 e. The van der Waals surface area contributed by atoms with Crippen LogP contribution in [-0.2, 0) is 61.9 Å². The Bertz CT molecular complexity index is 5030. The van der Waals surface area contributed by atoms with Crippen LogP contribution in [0.25, 0.3) is 89.7 Å². The molecule has 0 unspecified atom stereocenters. The number of H-pyrrole nitrogens is 2. The van der Waals surface area contributed by atoms with Gasteiger partial charge in [0.1, 0.15) is 58.7 Å². The number of nitrogens with zero attached hydrogens (tertiary/aromatic N) is 6. The first-order valence-electron chi connectivity index (χ1n) is 26.0. The van der Waals surface area contributed by atoms with E-state index in [1.807, 2.05) is 30.3 Å². The molecule has 14 rings (SSSR count). The van der Waals surface area contributed by atoms with E-state index in [1.165, 1.54) is 29.3 Å². The van der Waals surface area contributed by atoms with Gasteiger partial charge in [0, 0.05) is 79.8 Å². The third-order valence-corrected chi connectivity index (χ3v) is 19.8. The van der Waals surface area contributed by atoms with Gasteiger partial charge in [-0.25, -0.2) is 55.2 Å². The Kier molecular flexibility index (Phi) is 17.4. The number of phenols is 1. The first kappa shape index (κ1) is 63.9. The van der Waals surface area contributed by atoms with Crippen LogP contribution in [-0.4, -0.2) is 89.0 Å². The van der Waals surface area contributed by atoms with Crippen molar-refractivity contribution in [3.63, 3.8) is 0 Å². The average Bonchev–Trinajstić information content (AvgIpc) is 1.49. The van der Waals surface area contributed by atoms with Crippen LogP contribution in [0, 0.1) is 40.9 Å². The molecule has 5 atom stereocenters. The maximum atomic E-state index is 12.7. The van der Waals surface area contributed by atoms with Crippen molar-refractivity contribution in [2.24, 2.45) is 17.3 Å². The Hall–Kier alpha value is -5.09. The Labute approximate surface area is 572 Å². The van der Waals surface area contributed by atoms with E-state index in [0.717, 1.165) is 74.1 Å². The van der Waals surface area contributed by atoms with Gasteiger partial charge in [-0.3, -0.25) is 0 Å². The summed E-state index contributed by atoms with van der Waals surface area (Å²) in [6.45, 7) is 2.25. The topological polar surface area (TPSA) is 321 Å². The van der Waals surface area contributed by atoms with Gasteiger partial charge < -0.3 is 33.8 Å². The zero-order chi connectivity index (χ0) is 56.8. The van der Waals surface area contributed by atoms with Crippen molar-refractivity contribution in [1.29, 1.82) is 0 Å². The Morgan fingerprint density at radius 2 is 1.03 bits per heavy atom. The first-order chi connectivity index (χ1) is 39.1. The molecule has 0 amide bonds. The number of aromatic hydroxyl groups is 1. The van der Waals surface area contributed by atoms with Gasteiger partial charge in [-0.2, -0.15) is 0 Å². The van der Waals surface area contributed by atoms with Gasteiger partial charge in [-0.1, -0.05) is 37.0 Å². The summed E-state index contributed by atoms with van der Waals surface area (Å²) in [5.41, 5.74) is 4.41. The summed E-state index contributed by atoms with van der Waals surface area (Å²) in [5, 5.41) is 23.7. The summed E-state index contributed by atoms with van der Waals surface area (Å²) in [7, 11) is -15.0. The van der Waals surface area contributed by atoms with E-state index in [0.29, 0.717) is 57.6 Å². The summed E-state index contributed by atoms with van der Waals surface area (Å²) < 4.78 is 111. The number of rotatable bonds is 4. The van der Waals surface area contributed by atoms with E-state index >= 15 is 0 Å². The molecule has 410 valence electrons. The van der Waals surface area contributed by atoms with Gasteiger partial charge in [-0.15, -0.1) is 0 Å². The van der Waals surface area contributed by atoms with Crippen molar-refractivity contribution in [1.82, 2.24) is 39.9 Å². The van der Waals surface area contributed by atoms with Crippen LogP contribution in [0.1, 0.15) is 72.8 Å². The monoisotopic (exact) mass is 1280 g/mol. The maximum Gasteiger partial charge on any atom is 1.00 e. The van der Waals surface area contributed by atoms with Gasteiger partial charge in [-0.05, 0) is 182 Å². The second kappa shape index (κ2) is 23.4. The quantitative estimate of drug-likeness (QED) is 0.0975. The van der Waals surface area contributed by atoms with E-state index in [9.17, 15) is 49.1 Å². The summed E-state index contributed by atoms with van der Waals surface area (Å²) in [4.78, 5) is 33.1. The van der Waals surface area contributed by atoms with E-state index in [-0.39, 0.29) is 187 Å². The minimum absolute atomic E-state index is 0. The summed E-state index contributed by atoms with van der Waals surface area (Å²) >= 11 is 0. The molecular weight excluding hydrogens is 1240 g/mol. The second-order valence-corrected chi connectivity index (χ2v) is 25.7. The number of benzene rings is 6. The van der Waals surface area contributed by atoms with Gasteiger partial charge in [0.2, 0.25) is 0 Å². The van der Waals surface area contributed by atoms with Crippen molar-refractivity contribution >= 4 is 74.5 Å².